The monoisotopic (exact) mass is 356 g/mol. The highest BCUT2D eigenvalue weighted by molar-refractivity contribution is 5.81. The maximum atomic E-state index is 12.3. The molecule has 3 aliphatic carbocycles. The zero-order valence-electron chi connectivity index (χ0n) is 16.0. The van der Waals surface area contributed by atoms with Crippen LogP contribution in [0.1, 0.15) is 69.4 Å². The molecule has 26 heavy (non-hydrogen) atoms. The summed E-state index contributed by atoms with van der Waals surface area (Å²) in [5.41, 5.74) is 1.98. The van der Waals surface area contributed by atoms with Crippen molar-refractivity contribution >= 4 is 11.8 Å². The second kappa shape index (κ2) is 6.11. The van der Waals surface area contributed by atoms with Crippen LogP contribution in [0.5, 0.6) is 5.75 Å². The van der Waals surface area contributed by atoms with Crippen molar-refractivity contribution in [1.82, 2.24) is 0 Å². The molecule has 0 saturated heterocycles. The van der Waals surface area contributed by atoms with E-state index in [1.54, 1.807) is 7.11 Å². The van der Waals surface area contributed by atoms with Crippen molar-refractivity contribution in [3.05, 3.63) is 29.3 Å². The predicted octanol–water partition coefficient (Wildman–Crippen LogP) is 4.20. The van der Waals surface area contributed by atoms with E-state index in [-0.39, 0.29) is 17.2 Å². The first-order valence-corrected chi connectivity index (χ1v) is 9.77. The number of hydrogen-bond acceptors (Lipinski definition) is 4. The number of esters is 1. The maximum absolute atomic E-state index is 12.3. The van der Waals surface area contributed by atoms with Crippen LogP contribution in [-0.2, 0) is 20.7 Å². The second-order valence-corrected chi connectivity index (χ2v) is 8.54. The Labute approximate surface area is 155 Å². The topological polar surface area (TPSA) is 52.6 Å². The Balaban J connectivity index is 1.77. The molecule has 4 rings (SSSR count). The number of ketones is 1. The van der Waals surface area contributed by atoms with E-state index < -0.39 is 5.60 Å². The quantitative estimate of drug-likeness (QED) is 0.746. The van der Waals surface area contributed by atoms with Crippen molar-refractivity contribution in [2.45, 2.75) is 70.3 Å². The van der Waals surface area contributed by atoms with Gasteiger partial charge in [-0.25, -0.2) is 0 Å². The molecule has 0 unspecified atom stereocenters. The molecule has 2 saturated carbocycles. The summed E-state index contributed by atoms with van der Waals surface area (Å²) in [6, 6.07) is 6.37. The Morgan fingerprint density at radius 1 is 1.19 bits per heavy atom. The first kappa shape index (κ1) is 17.6. The highest BCUT2D eigenvalue weighted by atomic mass is 16.6. The largest absolute Gasteiger partial charge is 0.496 e. The molecule has 0 bridgehead atoms. The van der Waals surface area contributed by atoms with Crippen LogP contribution in [0, 0.1) is 11.3 Å². The molecule has 4 nitrogen and oxygen atoms in total. The molecule has 1 aromatic rings. The van der Waals surface area contributed by atoms with E-state index in [0.717, 1.165) is 37.9 Å². The van der Waals surface area contributed by atoms with Gasteiger partial charge in [-0.1, -0.05) is 19.1 Å². The molecule has 0 spiro atoms. The molecule has 4 atom stereocenters. The van der Waals surface area contributed by atoms with E-state index in [2.05, 4.69) is 19.1 Å². The van der Waals surface area contributed by atoms with Gasteiger partial charge in [-0.3, -0.25) is 9.59 Å². The highest BCUT2D eigenvalue weighted by Gasteiger charge is 2.62. The summed E-state index contributed by atoms with van der Waals surface area (Å²) < 4.78 is 11.6. The average Bonchev–Trinajstić information content (AvgIpc) is 2.61. The van der Waals surface area contributed by atoms with Crippen LogP contribution in [0.4, 0.5) is 0 Å². The summed E-state index contributed by atoms with van der Waals surface area (Å²) in [6.07, 6.45) is 5.59. The number of ether oxygens (including phenoxy) is 2. The normalized spacial score (nSPS) is 35.7. The van der Waals surface area contributed by atoms with Crippen molar-refractivity contribution in [1.29, 1.82) is 0 Å². The number of methoxy groups -OCH3 is 1. The number of hydrogen-bond donors (Lipinski definition) is 0. The van der Waals surface area contributed by atoms with E-state index >= 15 is 0 Å². The summed E-state index contributed by atoms with van der Waals surface area (Å²) >= 11 is 0. The van der Waals surface area contributed by atoms with E-state index in [1.165, 1.54) is 18.1 Å². The molecular formula is C22H28O4. The van der Waals surface area contributed by atoms with Gasteiger partial charge in [0.15, 0.2) is 0 Å². The number of rotatable bonds is 2. The van der Waals surface area contributed by atoms with Crippen LogP contribution in [0.2, 0.25) is 0 Å². The van der Waals surface area contributed by atoms with Gasteiger partial charge in [0, 0.05) is 25.2 Å². The molecule has 4 heteroatoms. The first-order valence-electron chi connectivity index (χ1n) is 9.77. The number of benzene rings is 1. The van der Waals surface area contributed by atoms with Crippen molar-refractivity contribution in [2.75, 3.05) is 7.11 Å². The third kappa shape index (κ3) is 2.41. The van der Waals surface area contributed by atoms with Crippen molar-refractivity contribution in [3.8, 4) is 5.75 Å². The molecule has 0 heterocycles. The van der Waals surface area contributed by atoms with Crippen LogP contribution in [0.15, 0.2) is 18.2 Å². The summed E-state index contributed by atoms with van der Waals surface area (Å²) in [6.45, 7) is 3.74. The molecule has 0 radical (unpaired) electrons. The van der Waals surface area contributed by atoms with E-state index in [4.69, 9.17) is 9.47 Å². The smallest absolute Gasteiger partial charge is 0.303 e. The molecular weight excluding hydrogens is 328 g/mol. The van der Waals surface area contributed by atoms with E-state index in [0.29, 0.717) is 24.7 Å². The van der Waals surface area contributed by atoms with E-state index in [9.17, 15) is 9.59 Å². The number of carbonyl (C=O) groups is 2. The van der Waals surface area contributed by atoms with Gasteiger partial charge in [0.25, 0.3) is 0 Å². The Morgan fingerprint density at radius 3 is 2.73 bits per heavy atom. The van der Waals surface area contributed by atoms with Gasteiger partial charge in [-0.05, 0) is 61.1 Å². The third-order valence-corrected chi connectivity index (χ3v) is 7.44. The van der Waals surface area contributed by atoms with Gasteiger partial charge in [0.2, 0.25) is 0 Å². The zero-order valence-corrected chi connectivity index (χ0v) is 16.0. The fourth-order valence-corrected chi connectivity index (χ4v) is 6.23. The van der Waals surface area contributed by atoms with Crippen molar-refractivity contribution < 1.29 is 19.1 Å². The van der Waals surface area contributed by atoms with Gasteiger partial charge >= 0.3 is 5.97 Å². The fourth-order valence-electron chi connectivity index (χ4n) is 6.23. The third-order valence-electron chi connectivity index (χ3n) is 7.44. The zero-order chi connectivity index (χ0) is 18.5. The lowest BCUT2D eigenvalue weighted by molar-refractivity contribution is -0.206. The van der Waals surface area contributed by atoms with Crippen LogP contribution < -0.4 is 4.74 Å². The number of Topliss-reactive ketones (excluding diaryl/α,β-unsaturated/α-hetero) is 1. The molecule has 0 aliphatic heterocycles. The van der Waals surface area contributed by atoms with Crippen LogP contribution in [0.3, 0.4) is 0 Å². The van der Waals surface area contributed by atoms with Gasteiger partial charge in [-0.2, -0.15) is 0 Å². The molecule has 0 amide bonds. The van der Waals surface area contributed by atoms with Gasteiger partial charge < -0.3 is 9.47 Å². The molecule has 1 aromatic carbocycles. The van der Waals surface area contributed by atoms with Crippen molar-refractivity contribution in [3.63, 3.8) is 0 Å². The number of fused-ring (bicyclic) bond motifs is 5. The molecule has 2 fully saturated rings. The Hall–Kier alpha value is -1.84. The minimum atomic E-state index is -0.619. The first-order chi connectivity index (χ1) is 12.4. The summed E-state index contributed by atoms with van der Waals surface area (Å²) in [4.78, 5) is 24.2. The lowest BCUT2D eigenvalue weighted by atomic mass is 9.47. The SMILES string of the molecule is COc1cccc2c1CC[C@H]1[C@H]2CC[C@@]2(OC(C)=O)CC(=O)CC[C@@]12C. The minimum Gasteiger partial charge on any atom is -0.496 e. The molecule has 0 aromatic heterocycles. The van der Waals surface area contributed by atoms with Crippen LogP contribution in [-0.4, -0.2) is 24.5 Å². The standard InChI is InChI=1S/C22H28O4/c1-14(23)26-22-12-10-17-16-5-4-6-20(25-3)18(16)7-8-19(17)21(22,2)11-9-15(24)13-22/h4-6,17,19H,7-13H2,1-3H3/t17-,19-,21-,22+/m0/s1. The lowest BCUT2D eigenvalue weighted by Gasteiger charge is -2.60. The molecule has 3 aliphatic rings. The molecule has 140 valence electrons. The Morgan fingerprint density at radius 2 is 2.00 bits per heavy atom. The van der Waals surface area contributed by atoms with Crippen molar-refractivity contribution in [2.24, 2.45) is 11.3 Å². The van der Waals surface area contributed by atoms with Gasteiger partial charge in [0.05, 0.1) is 7.11 Å². The number of carbonyl (C=O) groups excluding carboxylic acids is 2. The lowest BCUT2D eigenvalue weighted by Crippen LogP contribution is -2.61. The van der Waals surface area contributed by atoms with Crippen LogP contribution >= 0.6 is 0 Å². The average molecular weight is 356 g/mol. The minimum absolute atomic E-state index is 0.143. The molecule has 0 N–H and O–H groups in total. The predicted molar refractivity (Wildman–Crippen MR) is 98.2 cm³/mol. The highest BCUT2D eigenvalue weighted by Crippen LogP contribution is 2.63. The van der Waals surface area contributed by atoms with Gasteiger partial charge in [0.1, 0.15) is 17.1 Å². The summed E-state index contributed by atoms with van der Waals surface area (Å²) in [5.74, 6) is 1.85. The Kier molecular flexibility index (Phi) is 4.13. The summed E-state index contributed by atoms with van der Waals surface area (Å²) in [5, 5.41) is 0. The Bertz CT molecular complexity index is 751. The van der Waals surface area contributed by atoms with Crippen LogP contribution in [0.25, 0.3) is 0 Å². The van der Waals surface area contributed by atoms with Gasteiger partial charge in [-0.15, -0.1) is 0 Å². The van der Waals surface area contributed by atoms with E-state index in [1.807, 2.05) is 6.07 Å². The maximum Gasteiger partial charge on any atom is 0.303 e. The summed E-state index contributed by atoms with van der Waals surface area (Å²) in [7, 11) is 1.74. The fraction of sp³-hybridized carbons (Fsp3) is 0.636. The second-order valence-electron chi connectivity index (χ2n) is 8.54.